The molecule has 1 aliphatic heterocycles. The predicted molar refractivity (Wildman–Crippen MR) is 95.7 cm³/mol. The number of non-ortho nitro benzene ring substituents is 1. The lowest BCUT2D eigenvalue weighted by molar-refractivity contribution is -0.384. The monoisotopic (exact) mass is 354 g/mol. The van der Waals surface area contributed by atoms with E-state index < -0.39 is 4.92 Å². The second-order valence-corrected chi connectivity index (χ2v) is 5.74. The lowest BCUT2D eigenvalue weighted by atomic mass is 10.2. The fourth-order valence-electron chi connectivity index (χ4n) is 2.40. The van der Waals surface area contributed by atoms with Crippen LogP contribution in [0.15, 0.2) is 18.2 Å². The van der Waals surface area contributed by atoms with Gasteiger partial charge in [0, 0.05) is 31.8 Å². The highest BCUT2D eigenvalue weighted by Gasteiger charge is 2.13. The molecule has 2 N–H and O–H groups in total. The first-order chi connectivity index (χ1) is 11.6. The molecular weight excluding hydrogens is 332 g/mol. The molecule has 0 unspecified atom stereocenters. The van der Waals surface area contributed by atoms with Crippen LogP contribution in [0.2, 0.25) is 0 Å². The number of morpholine rings is 1. The minimum atomic E-state index is -0.455. The van der Waals surface area contributed by atoms with Crippen LogP contribution in [0.3, 0.4) is 0 Å². The summed E-state index contributed by atoms with van der Waals surface area (Å²) in [6, 6.07) is 4.34. The van der Waals surface area contributed by atoms with Crippen molar-refractivity contribution in [1.82, 2.24) is 10.2 Å². The Labute approximate surface area is 146 Å². The van der Waals surface area contributed by atoms with Crippen LogP contribution < -0.4 is 15.4 Å². The van der Waals surface area contributed by atoms with Crippen molar-refractivity contribution in [2.24, 2.45) is 0 Å². The van der Waals surface area contributed by atoms with Gasteiger partial charge in [-0.3, -0.25) is 15.0 Å². The average Bonchev–Trinajstić information content (AvgIpc) is 2.59. The van der Waals surface area contributed by atoms with E-state index in [2.05, 4.69) is 15.5 Å². The van der Waals surface area contributed by atoms with Gasteiger partial charge in [0.1, 0.15) is 5.75 Å². The van der Waals surface area contributed by atoms with Crippen LogP contribution in [-0.2, 0) is 4.74 Å². The topological polar surface area (TPSA) is 88.9 Å². The van der Waals surface area contributed by atoms with Gasteiger partial charge in [-0.05, 0) is 31.2 Å². The maximum atomic E-state index is 10.9. The fourth-order valence-corrected chi connectivity index (χ4v) is 2.62. The van der Waals surface area contributed by atoms with Gasteiger partial charge in [-0.1, -0.05) is 0 Å². The molecule has 0 aromatic heterocycles. The van der Waals surface area contributed by atoms with E-state index in [1.807, 2.05) is 0 Å². The van der Waals surface area contributed by atoms with Gasteiger partial charge in [0.25, 0.3) is 5.69 Å². The van der Waals surface area contributed by atoms with E-state index >= 15 is 0 Å². The second kappa shape index (κ2) is 9.36. The van der Waals surface area contributed by atoms with Crippen LogP contribution in [0.5, 0.6) is 5.75 Å². The zero-order chi connectivity index (χ0) is 17.4. The molecule has 0 amide bonds. The number of methoxy groups -OCH3 is 1. The molecule has 1 aromatic carbocycles. The molecule has 0 atom stereocenters. The molecule has 0 saturated carbocycles. The van der Waals surface area contributed by atoms with Gasteiger partial charge in [-0.2, -0.15) is 0 Å². The molecule has 1 fully saturated rings. The number of thiocarbonyl (C=S) groups is 1. The number of nitro groups is 1. The van der Waals surface area contributed by atoms with Gasteiger partial charge in [0.05, 0.1) is 30.9 Å². The average molecular weight is 354 g/mol. The molecule has 2 rings (SSSR count). The molecule has 1 aromatic rings. The molecule has 0 bridgehead atoms. The highest BCUT2D eigenvalue weighted by Crippen LogP contribution is 2.28. The van der Waals surface area contributed by atoms with Crippen LogP contribution in [0.4, 0.5) is 11.4 Å². The number of anilines is 1. The normalized spacial score (nSPS) is 14.9. The molecular formula is C15H22N4O4S. The highest BCUT2D eigenvalue weighted by molar-refractivity contribution is 7.80. The molecule has 0 spiro atoms. The van der Waals surface area contributed by atoms with Crippen molar-refractivity contribution in [2.75, 3.05) is 51.8 Å². The molecule has 9 heteroatoms. The van der Waals surface area contributed by atoms with Crippen LogP contribution in [0.1, 0.15) is 6.42 Å². The van der Waals surface area contributed by atoms with Crippen molar-refractivity contribution < 1.29 is 14.4 Å². The first-order valence-corrected chi connectivity index (χ1v) is 8.18. The van der Waals surface area contributed by atoms with Crippen molar-refractivity contribution in [1.29, 1.82) is 0 Å². The number of rotatable bonds is 7. The Morgan fingerprint density at radius 3 is 2.88 bits per heavy atom. The van der Waals surface area contributed by atoms with Crippen LogP contribution in [-0.4, -0.2) is 61.4 Å². The van der Waals surface area contributed by atoms with Gasteiger partial charge in [0.15, 0.2) is 5.11 Å². The number of hydrogen-bond acceptors (Lipinski definition) is 6. The van der Waals surface area contributed by atoms with Gasteiger partial charge in [-0.25, -0.2) is 0 Å². The van der Waals surface area contributed by atoms with Gasteiger partial charge < -0.3 is 20.1 Å². The number of hydrogen-bond donors (Lipinski definition) is 2. The lowest BCUT2D eigenvalue weighted by Gasteiger charge is -2.26. The summed E-state index contributed by atoms with van der Waals surface area (Å²) in [5.74, 6) is 0.498. The van der Waals surface area contributed by atoms with Crippen molar-refractivity contribution in [3.05, 3.63) is 28.3 Å². The predicted octanol–water partition coefficient (Wildman–Crippen LogP) is 1.61. The summed E-state index contributed by atoms with van der Waals surface area (Å²) < 4.78 is 10.5. The molecule has 0 aliphatic carbocycles. The summed E-state index contributed by atoms with van der Waals surface area (Å²) in [6.45, 7) is 5.22. The lowest BCUT2D eigenvalue weighted by Crippen LogP contribution is -2.38. The zero-order valence-corrected chi connectivity index (χ0v) is 14.4. The fraction of sp³-hybridized carbons (Fsp3) is 0.533. The van der Waals surface area contributed by atoms with Crippen molar-refractivity contribution >= 4 is 28.7 Å². The largest absolute Gasteiger partial charge is 0.495 e. The third-order valence-electron chi connectivity index (χ3n) is 3.68. The Balaban J connectivity index is 1.78. The van der Waals surface area contributed by atoms with Gasteiger partial charge in [0.2, 0.25) is 0 Å². The van der Waals surface area contributed by atoms with Crippen LogP contribution >= 0.6 is 12.2 Å². The standard InChI is InChI=1S/C15H22N4O4S/c1-22-14-4-3-12(19(20)21)11-13(14)17-15(24)16-5-2-6-18-7-9-23-10-8-18/h3-4,11H,2,5-10H2,1H3,(H2,16,17,24). The zero-order valence-electron chi connectivity index (χ0n) is 13.6. The summed E-state index contributed by atoms with van der Waals surface area (Å²) in [5, 5.41) is 17.3. The third kappa shape index (κ3) is 5.59. The molecule has 1 aliphatic rings. The van der Waals surface area contributed by atoms with E-state index in [0.717, 1.165) is 45.8 Å². The van der Waals surface area contributed by atoms with Gasteiger partial charge in [-0.15, -0.1) is 0 Å². The van der Waals surface area contributed by atoms with Crippen molar-refractivity contribution in [3.63, 3.8) is 0 Å². The Hall–Kier alpha value is -1.97. The van der Waals surface area contributed by atoms with Crippen LogP contribution in [0, 0.1) is 10.1 Å². The summed E-state index contributed by atoms with van der Waals surface area (Å²) in [4.78, 5) is 12.8. The summed E-state index contributed by atoms with van der Waals surface area (Å²) in [6.07, 6.45) is 0.952. The second-order valence-electron chi connectivity index (χ2n) is 5.33. The molecule has 0 radical (unpaired) electrons. The number of nitrogens with one attached hydrogen (secondary N) is 2. The number of nitrogens with zero attached hydrogens (tertiary/aromatic N) is 2. The number of benzene rings is 1. The van der Waals surface area contributed by atoms with Gasteiger partial charge >= 0.3 is 0 Å². The Bertz CT molecular complexity index is 579. The van der Waals surface area contributed by atoms with E-state index in [1.54, 1.807) is 6.07 Å². The maximum absolute atomic E-state index is 10.9. The van der Waals surface area contributed by atoms with E-state index in [9.17, 15) is 10.1 Å². The molecule has 132 valence electrons. The first kappa shape index (κ1) is 18.4. The van der Waals surface area contributed by atoms with E-state index in [0.29, 0.717) is 16.5 Å². The van der Waals surface area contributed by atoms with E-state index in [4.69, 9.17) is 21.7 Å². The van der Waals surface area contributed by atoms with Crippen molar-refractivity contribution in [2.45, 2.75) is 6.42 Å². The molecule has 8 nitrogen and oxygen atoms in total. The Morgan fingerprint density at radius 2 is 2.21 bits per heavy atom. The Morgan fingerprint density at radius 1 is 1.46 bits per heavy atom. The first-order valence-electron chi connectivity index (χ1n) is 7.77. The summed E-state index contributed by atoms with van der Waals surface area (Å²) in [5.41, 5.74) is 0.450. The summed E-state index contributed by atoms with van der Waals surface area (Å²) >= 11 is 5.24. The Kier molecular flexibility index (Phi) is 7.16. The minimum absolute atomic E-state index is 0.0200. The quantitative estimate of drug-likeness (QED) is 0.330. The molecule has 24 heavy (non-hydrogen) atoms. The third-order valence-corrected chi connectivity index (χ3v) is 3.93. The maximum Gasteiger partial charge on any atom is 0.271 e. The molecule has 1 saturated heterocycles. The summed E-state index contributed by atoms with van der Waals surface area (Å²) in [7, 11) is 1.51. The number of ether oxygens (including phenoxy) is 2. The van der Waals surface area contributed by atoms with Crippen molar-refractivity contribution in [3.8, 4) is 5.75 Å². The highest BCUT2D eigenvalue weighted by atomic mass is 32.1. The smallest absolute Gasteiger partial charge is 0.271 e. The van der Waals surface area contributed by atoms with E-state index in [-0.39, 0.29) is 5.69 Å². The van der Waals surface area contributed by atoms with Crippen LogP contribution in [0.25, 0.3) is 0 Å². The molecule has 1 heterocycles. The SMILES string of the molecule is COc1ccc([N+](=O)[O-])cc1NC(=S)NCCCN1CCOCC1. The number of nitro benzene ring substituents is 1. The van der Waals surface area contributed by atoms with E-state index in [1.165, 1.54) is 19.2 Å². The minimum Gasteiger partial charge on any atom is -0.495 e.